The first-order valence-electron chi connectivity index (χ1n) is 18.1. The summed E-state index contributed by atoms with van der Waals surface area (Å²) in [6.45, 7) is 0. The summed E-state index contributed by atoms with van der Waals surface area (Å²) in [7, 11) is 0. The van der Waals surface area contributed by atoms with Crippen molar-refractivity contribution in [2.75, 3.05) is 0 Å². The van der Waals surface area contributed by atoms with Crippen LogP contribution in [0.15, 0.2) is 182 Å². The first kappa shape index (κ1) is 29.6. The maximum Gasteiger partial charge on any atom is 0.0992 e. The van der Waals surface area contributed by atoms with Gasteiger partial charge in [0.1, 0.15) is 0 Å². The summed E-state index contributed by atoms with van der Waals surface area (Å²) in [6, 6.07) is 67.8. The number of benzene rings is 8. The molecule has 2 aromatic heterocycles. The summed E-state index contributed by atoms with van der Waals surface area (Å²) >= 11 is 0. The summed E-state index contributed by atoms with van der Waals surface area (Å²) in [4.78, 5) is 0. The highest BCUT2D eigenvalue weighted by Crippen LogP contribution is 2.50. The number of fused-ring (bicyclic) bond motifs is 9. The number of nitriles is 1. The van der Waals surface area contributed by atoms with Crippen LogP contribution >= 0.6 is 0 Å². The lowest BCUT2D eigenvalue weighted by Gasteiger charge is -2.17. The zero-order valence-electron chi connectivity index (χ0n) is 28.7. The Bertz CT molecular complexity index is 3080. The number of para-hydroxylation sites is 4. The van der Waals surface area contributed by atoms with Crippen LogP contribution in [0, 0.1) is 11.3 Å². The van der Waals surface area contributed by atoms with E-state index in [0.29, 0.717) is 5.56 Å². The van der Waals surface area contributed by atoms with Crippen LogP contribution in [0.3, 0.4) is 0 Å². The van der Waals surface area contributed by atoms with Crippen LogP contribution in [0.2, 0.25) is 0 Å². The molecule has 0 amide bonds. The van der Waals surface area contributed by atoms with Gasteiger partial charge in [0, 0.05) is 38.7 Å². The van der Waals surface area contributed by atoms with Crippen molar-refractivity contribution < 1.29 is 0 Å². The summed E-state index contributed by atoms with van der Waals surface area (Å²) in [5.74, 6) is 0.136. The monoisotopic (exact) mass is 673 g/mol. The van der Waals surface area contributed by atoms with E-state index in [1.807, 2.05) is 12.1 Å². The SMILES string of the molecule is N#Cc1cc(-c2ccccc2-n2c3ccccc3c3ccccc32)cc(-n2c3ccccc3c3cc4c(cc32)C(c2ccccc2)c2ccccc2-4)c1. The van der Waals surface area contributed by atoms with Gasteiger partial charge in [-0.1, -0.05) is 127 Å². The molecule has 0 fully saturated rings. The van der Waals surface area contributed by atoms with Crippen LogP contribution in [0.25, 0.3) is 77.2 Å². The first-order valence-corrected chi connectivity index (χ1v) is 18.1. The van der Waals surface area contributed by atoms with Gasteiger partial charge in [0.15, 0.2) is 0 Å². The molecule has 2 heterocycles. The number of nitrogens with zero attached hydrogens (tertiary/aromatic N) is 3. The molecule has 0 spiro atoms. The van der Waals surface area contributed by atoms with E-state index in [1.165, 1.54) is 49.4 Å². The average molecular weight is 674 g/mol. The molecular weight excluding hydrogens is 643 g/mol. The van der Waals surface area contributed by atoms with E-state index in [9.17, 15) is 5.26 Å². The Morgan fingerprint density at radius 3 is 1.72 bits per heavy atom. The Hall–Kier alpha value is -7.15. The molecule has 0 N–H and O–H groups in total. The van der Waals surface area contributed by atoms with Crippen molar-refractivity contribution in [1.82, 2.24) is 9.13 Å². The van der Waals surface area contributed by atoms with Gasteiger partial charge in [0.05, 0.1) is 39.4 Å². The van der Waals surface area contributed by atoms with Gasteiger partial charge in [-0.25, -0.2) is 0 Å². The molecule has 8 aromatic carbocycles. The first-order chi connectivity index (χ1) is 26.3. The Kier molecular flexibility index (Phi) is 6.38. The molecule has 0 radical (unpaired) electrons. The summed E-state index contributed by atoms with van der Waals surface area (Å²) in [5, 5.41) is 15.4. The predicted octanol–water partition coefficient (Wildman–Crippen LogP) is 12.6. The summed E-state index contributed by atoms with van der Waals surface area (Å²) < 4.78 is 4.73. The summed E-state index contributed by atoms with van der Waals surface area (Å²) in [5.41, 5.74) is 15.8. The summed E-state index contributed by atoms with van der Waals surface area (Å²) in [6.07, 6.45) is 0. The topological polar surface area (TPSA) is 33.6 Å². The molecule has 0 saturated carbocycles. The lowest BCUT2D eigenvalue weighted by molar-refractivity contribution is 1.01. The van der Waals surface area contributed by atoms with Crippen LogP contribution in [0.1, 0.15) is 28.2 Å². The van der Waals surface area contributed by atoms with E-state index in [2.05, 4.69) is 185 Å². The van der Waals surface area contributed by atoms with Crippen molar-refractivity contribution in [3.63, 3.8) is 0 Å². The molecule has 1 atom stereocenters. The number of hydrogen-bond donors (Lipinski definition) is 0. The van der Waals surface area contributed by atoms with Crippen molar-refractivity contribution in [2.45, 2.75) is 5.92 Å². The van der Waals surface area contributed by atoms with Gasteiger partial charge >= 0.3 is 0 Å². The molecule has 11 rings (SSSR count). The second kappa shape index (κ2) is 11.4. The molecule has 3 heteroatoms. The van der Waals surface area contributed by atoms with Crippen molar-refractivity contribution >= 4 is 43.6 Å². The highest BCUT2D eigenvalue weighted by Gasteiger charge is 2.31. The van der Waals surface area contributed by atoms with E-state index in [0.717, 1.165) is 44.6 Å². The van der Waals surface area contributed by atoms with Crippen LogP contribution in [0.4, 0.5) is 0 Å². The molecule has 1 aliphatic carbocycles. The lowest BCUT2D eigenvalue weighted by atomic mass is 9.89. The van der Waals surface area contributed by atoms with E-state index in [4.69, 9.17) is 0 Å². The maximum atomic E-state index is 10.5. The maximum absolute atomic E-state index is 10.5. The fourth-order valence-corrected chi connectivity index (χ4v) is 9.00. The van der Waals surface area contributed by atoms with Gasteiger partial charge in [-0.15, -0.1) is 0 Å². The molecule has 0 bridgehead atoms. The van der Waals surface area contributed by atoms with Crippen molar-refractivity contribution in [1.29, 1.82) is 5.26 Å². The zero-order chi connectivity index (χ0) is 35.0. The second-order valence-corrected chi connectivity index (χ2v) is 14.0. The van der Waals surface area contributed by atoms with Crippen LogP contribution in [0.5, 0.6) is 0 Å². The van der Waals surface area contributed by atoms with E-state index < -0.39 is 0 Å². The van der Waals surface area contributed by atoms with Crippen LogP contribution < -0.4 is 0 Å². The molecule has 53 heavy (non-hydrogen) atoms. The van der Waals surface area contributed by atoms with Crippen LogP contribution in [-0.2, 0) is 0 Å². The lowest BCUT2D eigenvalue weighted by Crippen LogP contribution is -2.01. The Balaban J connectivity index is 1.17. The quantitative estimate of drug-likeness (QED) is 0.183. The van der Waals surface area contributed by atoms with E-state index >= 15 is 0 Å². The zero-order valence-corrected chi connectivity index (χ0v) is 28.7. The Labute approximate surface area is 306 Å². The average Bonchev–Trinajstić information content (AvgIpc) is 3.85. The molecular formula is C50H31N3. The minimum absolute atomic E-state index is 0.136. The highest BCUT2D eigenvalue weighted by atomic mass is 15.0. The van der Waals surface area contributed by atoms with Gasteiger partial charge in [-0.2, -0.15) is 5.26 Å². The number of hydrogen-bond acceptors (Lipinski definition) is 1. The predicted molar refractivity (Wildman–Crippen MR) is 218 cm³/mol. The molecule has 3 nitrogen and oxygen atoms in total. The van der Waals surface area contributed by atoms with Crippen LogP contribution in [-0.4, -0.2) is 9.13 Å². The molecule has 1 unspecified atom stereocenters. The molecule has 10 aromatic rings. The Morgan fingerprint density at radius 2 is 1.00 bits per heavy atom. The third-order valence-electron chi connectivity index (χ3n) is 11.2. The molecule has 0 aliphatic heterocycles. The third-order valence-corrected chi connectivity index (χ3v) is 11.2. The fraction of sp³-hybridized carbons (Fsp3) is 0.0200. The molecule has 0 saturated heterocycles. The van der Waals surface area contributed by atoms with Gasteiger partial charge in [0.2, 0.25) is 0 Å². The van der Waals surface area contributed by atoms with Crippen molar-refractivity contribution in [3.8, 4) is 39.7 Å². The van der Waals surface area contributed by atoms with Crippen molar-refractivity contribution in [3.05, 3.63) is 204 Å². The van der Waals surface area contributed by atoms with E-state index in [-0.39, 0.29) is 5.92 Å². The third kappa shape index (κ3) is 4.33. The fourth-order valence-electron chi connectivity index (χ4n) is 9.00. The van der Waals surface area contributed by atoms with Crippen molar-refractivity contribution in [2.24, 2.45) is 0 Å². The Morgan fingerprint density at radius 1 is 0.415 bits per heavy atom. The molecule has 1 aliphatic rings. The number of rotatable bonds is 4. The van der Waals surface area contributed by atoms with Gasteiger partial charge in [-0.3, -0.25) is 0 Å². The highest BCUT2D eigenvalue weighted by molar-refractivity contribution is 6.12. The minimum atomic E-state index is 0.136. The minimum Gasteiger partial charge on any atom is -0.309 e. The van der Waals surface area contributed by atoms with Gasteiger partial charge in [-0.05, 0) is 88.0 Å². The van der Waals surface area contributed by atoms with Gasteiger partial charge < -0.3 is 9.13 Å². The molecule has 246 valence electrons. The largest absolute Gasteiger partial charge is 0.309 e. The second-order valence-electron chi connectivity index (χ2n) is 14.0. The van der Waals surface area contributed by atoms with Gasteiger partial charge in [0.25, 0.3) is 0 Å². The van der Waals surface area contributed by atoms with E-state index in [1.54, 1.807) is 0 Å². The smallest absolute Gasteiger partial charge is 0.0992 e. The standard InChI is InChI=1S/C50H31N3/c51-31-32-26-34(36-16-6-10-22-45(36)53-47-24-12-7-18-38(47)39-19-8-13-25-48(39)53)28-35(27-32)52-46-23-11-9-20-40(46)43-29-42-37-17-4-5-21-41(37)50(44(42)30-49(43)52)33-14-2-1-3-15-33/h1-30,50H. The normalized spacial score (nSPS) is 13.5. The number of aromatic nitrogens is 2.